The lowest BCUT2D eigenvalue weighted by Crippen LogP contribution is -2.19. The topological polar surface area (TPSA) is 123 Å². The van der Waals surface area contributed by atoms with E-state index >= 15 is 0 Å². The highest BCUT2D eigenvalue weighted by molar-refractivity contribution is 6.14. The molecule has 0 bridgehead atoms. The number of anilines is 3. The number of hydrogen-bond acceptors (Lipinski definition) is 9. The van der Waals surface area contributed by atoms with Crippen molar-refractivity contribution in [3.05, 3.63) is 60.6 Å². The smallest absolute Gasteiger partial charge is 0.347 e. The summed E-state index contributed by atoms with van der Waals surface area (Å²) in [6.45, 7) is 3.57. The van der Waals surface area contributed by atoms with Crippen molar-refractivity contribution >= 4 is 40.0 Å². The molecular formula is C22H22N4O5. The summed E-state index contributed by atoms with van der Waals surface area (Å²) in [4.78, 5) is 32.7. The van der Waals surface area contributed by atoms with E-state index < -0.39 is 11.9 Å². The molecule has 0 aliphatic rings. The van der Waals surface area contributed by atoms with Gasteiger partial charge in [-0.2, -0.15) is 0 Å². The zero-order valence-corrected chi connectivity index (χ0v) is 17.1. The standard InChI is InChI=1S/C22H22N4O5/c1-3-30-21(28)18(22(29)31-4-2)12-23-15-7-10-19-17(11-15)20(25-13-24-19)26-14-5-8-16(27)9-6-14/h5-13,23,27H,3-4H2,1-2H3,(H,24,25,26). The van der Waals surface area contributed by atoms with E-state index in [-0.39, 0.29) is 24.5 Å². The first-order chi connectivity index (χ1) is 15.0. The summed E-state index contributed by atoms with van der Waals surface area (Å²) in [6.07, 6.45) is 2.70. The second kappa shape index (κ2) is 10.1. The molecule has 3 N–H and O–H groups in total. The maximum atomic E-state index is 12.1. The lowest BCUT2D eigenvalue weighted by molar-refractivity contribution is -0.146. The van der Waals surface area contributed by atoms with Crippen LogP contribution >= 0.6 is 0 Å². The Balaban J connectivity index is 1.89. The summed E-state index contributed by atoms with van der Waals surface area (Å²) in [5, 5.41) is 16.3. The van der Waals surface area contributed by atoms with Crippen LogP contribution in [0.1, 0.15) is 13.8 Å². The monoisotopic (exact) mass is 422 g/mol. The van der Waals surface area contributed by atoms with Crippen molar-refractivity contribution in [2.75, 3.05) is 23.8 Å². The summed E-state index contributed by atoms with van der Waals surface area (Å²) < 4.78 is 9.86. The Morgan fingerprint density at radius 3 is 2.26 bits per heavy atom. The quantitative estimate of drug-likeness (QED) is 0.164. The molecular weight excluding hydrogens is 400 g/mol. The minimum atomic E-state index is -0.771. The zero-order valence-electron chi connectivity index (χ0n) is 17.1. The van der Waals surface area contributed by atoms with Crippen LogP contribution in [-0.4, -0.2) is 40.2 Å². The molecule has 0 saturated heterocycles. The SMILES string of the molecule is CCOC(=O)C(=CNc1ccc2ncnc(Nc3ccc(O)cc3)c2c1)C(=O)OCC. The molecule has 0 amide bonds. The van der Waals surface area contributed by atoms with Gasteiger partial charge in [0.05, 0.1) is 18.7 Å². The van der Waals surface area contributed by atoms with E-state index in [9.17, 15) is 14.7 Å². The van der Waals surface area contributed by atoms with Crippen LogP contribution in [0.4, 0.5) is 17.2 Å². The number of ether oxygens (including phenoxy) is 2. The Bertz CT molecular complexity index is 1090. The minimum absolute atomic E-state index is 0.134. The van der Waals surface area contributed by atoms with Gasteiger partial charge in [0.25, 0.3) is 0 Å². The number of nitrogens with zero attached hydrogens (tertiary/aromatic N) is 2. The van der Waals surface area contributed by atoms with E-state index in [0.717, 1.165) is 5.69 Å². The normalized spacial score (nSPS) is 10.3. The van der Waals surface area contributed by atoms with E-state index in [1.807, 2.05) is 0 Å². The number of carbonyl (C=O) groups is 2. The molecule has 9 nitrogen and oxygen atoms in total. The summed E-state index contributed by atoms with van der Waals surface area (Å²) >= 11 is 0. The van der Waals surface area contributed by atoms with Gasteiger partial charge in [-0.1, -0.05) is 0 Å². The van der Waals surface area contributed by atoms with Crippen molar-refractivity contribution in [1.29, 1.82) is 0 Å². The van der Waals surface area contributed by atoms with Crippen molar-refractivity contribution in [2.45, 2.75) is 13.8 Å². The van der Waals surface area contributed by atoms with E-state index in [4.69, 9.17) is 9.47 Å². The molecule has 1 heterocycles. The van der Waals surface area contributed by atoms with Crippen molar-refractivity contribution in [2.24, 2.45) is 0 Å². The number of benzene rings is 2. The number of rotatable bonds is 8. The number of phenols is 1. The van der Waals surface area contributed by atoms with Crippen molar-refractivity contribution in [3.63, 3.8) is 0 Å². The van der Waals surface area contributed by atoms with Crippen LogP contribution in [-0.2, 0) is 19.1 Å². The average molecular weight is 422 g/mol. The molecule has 0 saturated carbocycles. The number of esters is 2. The lowest BCUT2D eigenvalue weighted by Gasteiger charge is -2.11. The Morgan fingerprint density at radius 1 is 0.968 bits per heavy atom. The first-order valence-electron chi connectivity index (χ1n) is 9.63. The van der Waals surface area contributed by atoms with E-state index in [2.05, 4.69) is 20.6 Å². The van der Waals surface area contributed by atoms with Crippen LogP contribution in [0.15, 0.2) is 60.6 Å². The Labute approximate surface area is 178 Å². The van der Waals surface area contributed by atoms with Crippen LogP contribution in [0.25, 0.3) is 10.9 Å². The van der Waals surface area contributed by atoms with Gasteiger partial charge in [0.1, 0.15) is 17.9 Å². The van der Waals surface area contributed by atoms with Crippen LogP contribution < -0.4 is 10.6 Å². The first kappa shape index (κ1) is 21.6. The third-order valence-corrected chi connectivity index (χ3v) is 4.14. The molecule has 31 heavy (non-hydrogen) atoms. The highest BCUT2D eigenvalue weighted by atomic mass is 16.6. The molecule has 0 spiro atoms. The van der Waals surface area contributed by atoms with E-state index in [1.165, 1.54) is 12.5 Å². The second-order valence-electron chi connectivity index (χ2n) is 6.27. The molecule has 0 unspecified atom stereocenters. The second-order valence-corrected chi connectivity index (χ2v) is 6.27. The third kappa shape index (κ3) is 5.47. The van der Waals surface area contributed by atoms with Gasteiger partial charge in [-0.15, -0.1) is 0 Å². The van der Waals surface area contributed by atoms with Crippen molar-refractivity contribution in [3.8, 4) is 5.75 Å². The van der Waals surface area contributed by atoms with Crippen molar-refractivity contribution < 1.29 is 24.2 Å². The van der Waals surface area contributed by atoms with Gasteiger partial charge in [-0.05, 0) is 56.3 Å². The third-order valence-electron chi connectivity index (χ3n) is 4.14. The fourth-order valence-corrected chi connectivity index (χ4v) is 2.70. The molecule has 9 heteroatoms. The summed E-state index contributed by atoms with van der Waals surface area (Å²) in [6, 6.07) is 11.9. The predicted molar refractivity (Wildman–Crippen MR) is 116 cm³/mol. The Hall–Kier alpha value is -4.14. The summed E-state index contributed by atoms with van der Waals surface area (Å²) in [7, 11) is 0. The highest BCUT2D eigenvalue weighted by Crippen LogP contribution is 2.26. The van der Waals surface area contributed by atoms with Crippen LogP contribution in [0.5, 0.6) is 5.75 Å². The molecule has 160 valence electrons. The van der Waals surface area contributed by atoms with E-state index in [0.29, 0.717) is 22.4 Å². The van der Waals surface area contributed by atoms with Crippen LogP contribution in [0, 0.1) is 0 Å². The van der Waals surface area contributed by atoms with Gasteiger partial charge in [0, 0.05) is 23.0 Å². The average Bonchev–Trinajstić information content (AvgIpc) is 2.76. The largest absolute Gasteiger partial charge is 0.508 e. The first-order valence-corrected chi connectivity index (χ1v) is 9.63. The predicted octanol–water partition coefficient (Wildman–Crippen LogP) is 3.50. The number of nitrogens with one attached hydrogen (secondary N) is 2. The van der Waals surface area contributed by atoms with Crippen molar-refractivity contribution in [1.82, 2.24) is 9.97 Å². The molecule has 0 aliphatic heterocycles. The van der Waals surface area contributed by atoms with Crippen LogP contribution in [0.3, 0.4) is 0 Å². The minimum Gasteiger partial charge on any atom is -0.508 e. The van der Waals surface area contributed by atoms with Gasteiger partial charge in [-0.3, -0.25) is 0 Å². The summed E-state index contributed by atoms with van der Waals surface area (Å²) in [5.41, 5.74) is 1.79. The molecule has 0 fully saturated rings. The van der Waals surface area contributed by atoms with Gasteiger partial charge >= 0.3 is 11.9 Å². The fourth-order valence-electron chi connectivity index (χ4n) is 2.70. The number of hydrogen-bond donors (Lipinski definition) is 3. The number of aromatic nitrogens is 2. The number of fused-ring (bicyclic) bond motifs is 1. The Morgan fingerprint density at radius 2 is 1.61 bits per heavy atom. The number of aromatic hydroxyl groups is 1. The molecule has 0 radical (unpaired) electrons. The molecule has 0 aliphatic carbocycles. The maximum absolute atomic E-state index is 12.1. The molecule has 3 aromatic rings. The Kier molecular flexibility index (Phi) is 7.00. The number of carbonyl (C=O) groups excluding carboxylic acids is 2. The fraction of sp³-hybridized carbons (Fsp3) is 0.182. The van der Waals surface area contributed by atoms with Crippen LogP contribution in [0.2, 0.25) is 0 Å². The van der Waals surface area contributed by atoms with E-state index in [1.54, 1.807) is 56.3 Å². The number of phenolic OH excluding ortho intramolecular Hbond substituents is 1. The zero-order chi connectivity index (χ0) is 22.2. The maximum Gasteiger partial charge on any atom is 0.347 e. The molecule has 0 atom stereocenters. The van der Waals surface area contributed by atoms with Gasteiger partial charge < -0.3 is 25.2 Å². The van der Waals surface area contributed by atoms with Gasteiger partial charge in [0.2, 0.25) is 0 Å². The van der Waals surface area contributed by atoms with Gasteiger partial charge in [-0.25, -0.2) is 19.6 Å². The molecule has 2 aromatic carbocycles. The molecule has 3 rings (SSSR count). The van der Waals surface area contributed by atoms with Gasteiger partial charge in [0.15, 0.2) is 5.57 Å². The lowest BCUT2D eigenvalue weighted by atomic mass is 10.2. The summed E-state index contributed by atoms with van der Waals surface area (Å²) in [5.74, 6) is -0.825. The molecule has 1 aromatic heterocycles. The highest BCUT2D eigenvalue weighted by Gasteiger charge is 2.21.